The maximum Gasteiger partial charge on any atom is 0.243 e. The normalized spacial score (nSPS) is 14.1. The van der Waals surface area contributed by atoms with Gasteiger partial charge < -0.3 is 0 Å². The van der Waals surface area contributed by atoms with Gasteiger partial charge in [0.05, 0.1) is 34.2 Å². The standard InChI is InChI=1S/C31H27N3O3S/c32-21-25-13-15-29(16-14-25)38(36,37)34(23-28-8-4-5-19-33-28)22-26-11-9-24(10-12-26)20-30(35)31(17-18-31)27-6-2-1-3-7-27/h1-16,19H,17-18,20,22-23H2. The quantitative estimate of drug-likeness (QED) is 0.287. The largest absolute Gasteiger partial charge is 0.298 e. The molecule has 0 atom stereocenters. The zero-order chi connectivity index (χ0) is 26.6. The van der Waals surface area contributed by atoms with Crippen molar-refractivity contribution in [3.63, 3.8) is 0 Å². The average molecular weight is 522 g/mol. The number of pyridine rings is 1. The molecule has 0 N–H and O–H groups in total. The Balaban J connectivity index is 1.34. The summed E-state index contributed by atoms with van der Waals surface area (Å²) in [6.45, 7) is 0.240. The molecule has 0 radical (unpaired) electrons. The molecule has 1 heterocycles. The van der Waals surface area contributed by atoms with Gasteiger partial charge in [-0.25, -0.2) is 8.42 Å². The highest BCUT2D eigenvalue weighted by Gasteiger charge is 2.50. The van der Waals surface area contributed by atoms with Crippen molar-refractivity contribution in [1.29, 1.82) is 5.26 Å². The molecule has 1 aromatic heterocycles. The summed E-state index contributed by atoms with van der Waals surface area (Å²) in [5.74, 6) is 0.219. The van der Waals surface area contributed by atoms with E-state index in [0.29, 0.717) is 17.7 Å². The Kier molecular flexibility index (Phi) is 7.19. The molecule has 3 aromatic carbocycles. The van der Waals surface area contributed by atoms with E-state index in [2.05, 4.69) is 4.98 Å². The topological polar surface area (TPSA) is 91.1 Å². The van der Waals surface area contributed by atoms with Gasteiger partial charge in [0.15, 0.2) is 0 Å². The van der Waals surface area contributed by atoms with Crippen molar-refractivity contribution in [3.8, 4) is 6.07 Å². The number of rotatable bonds is 10. The van der Waals surface area contributed by atoms with Crippen molar-refractivity contribution in [3.05, 3.63) is 131 Å². The summed E-state index contributed by atoms with van der Waals surface area (Å²) in [5, 5.41) is 9.07. The zero-order valence-electron chi connectivity index (χ0n) is 20.8. The molecule has 0 aliphatic heterocycles. The Hall–Kier alpha value is -4.12. The number of aromatic nitrogens is 1. The van der Waals surface area contributed by atoms with E-state index in [0.717, 1.165) is 29.5 Å². The minimum atomic E-state index is -3.86. The van der Waals surface area contributed by atoms with Gasteiger partial charge in [-0.1, -0.05) is 60.7 Å². The first-order valence-electron chi connectivity index (χ1n) is 12.5. The van der Waals surface area contributed by atoms with Crippen LogP contribution in [0, 0.1) is 11.3 Å². The van der Waals surface area contributed by atoms with Gasteiger partial charge in [-0.3, -0.25) is 9.78 Å². The molecule has 4 aromatic rings. The summed E-state index contributed by atoms with van der Waals surface area (Å²) in [4.78, 5) is 17.6. The summed E-state index contributed by atoms with van der Waals surface area (Å²) < 4.78 is 28.5. The molecule has 1 aliphatic carbocycles. The van der Waals surface area contributed by atoms with Crippen LogP contribution in [0.15, 0.2) is 108 Å². The highest BCUT2D eigenvalue weighted by atomic mass is 32.2. The molecule has 190 valence electrons. The summed E-state index contributed by atoms with van der Waals surface area (Å²) in [6.07, 6.45) is 3.74. The van der Waals surface area contributed by atoms with Crippen molar-refractivity contribution in [1.82, 2.24) is 9.29 Å². The van der Waals surface area contributed by atoms with Gasteiger partial charge in [0, 0.05) is 19.2 Å². The monoisotopic (exact) mass is 521 g/mol. The Morgan fingerprint density at radius 2 is 1.50 bits per heavy atom. The lowest BCUT2D eigenvalue weighted by Gasteiger charge is -2.22. The molecule has 1 aliphatic rings. The molecule has 0 bridgehead atoms. The number of carbonyl (C=O) groups excluding carboxylic acids is 1. The Morgan fingerprint density at radius 1 is 0.842 bits per heavy atom. The SMILES string of the molecule is N#Cc1ccc(S(=O)(=O)N(Cc2ccc(CC(=O)C3(c4ccccc4)CC3)cc2)Cc2ccccn2)cc1. The molecular weight excluding hydrogens is 494 g/mol. The number of Topliss-reactive ketones (excluding diaryl/α,β-unsaturated/α-hetero) is 1. The molecule has 7 heteroatoms. The molecule has 0 unspecified atom stereocenters. The third-order valence-electron chi connectivity index (χ3n) is 7.04. The Morgan fingerprint density at radius 3 is 2.11 bits per heavy atom. The van der Waals surface area contributed by atoms with Crippen LogP contribution >= 0.6 is 0 Å². The number of carbonyl (C=O) groups is 1. The number of hydrogen-bond donors (Lipinski definition) is 0. The van der Waals surface area contributed by atoms with Crippen LogP contribution in [0.4, 0.5) is 0 Å². The fraction of sp³-hybridized carbons (Fsp3) is 0.194. The second-order valence-corrected chi connectivity index (χ2v) is 11.5. The second-order valence-electron chi connectivity index (χ2n) is 9.59. The average Bonchev–Trinajstić information content (AvgIpc) is 3.77. The predicted molar refractivity (Wildman–Crippen MR) is 144 cm³/mol. The first-order chi connectivity index (χ1) is 18.4. The third kappa shape index (κ3) is 5.42. The fourth-order valence-electron chi connectivity index (χ4n) is 4.68. The van der Waals surface area contributed by atoms with Crippen LogP contribution in [-0.4, -0.2) is 23.5 Å². The van der Waals surface area contributed by atoms with Gasteiger partial charge >= 0.3 is 0 Å². The van der Waals surface area contributed by atoms with Gasteiger partial charge in [-0.15, -0.1) is 0 Å². The van der Waals surface area contributed by atoms with Crippen LogP contribution in [0.3, 0.4) is 0 Å². The van der Waals surface area contributed by atoms with Gasteiger partial charge in [0.2, 0.25) is 10.0 Å². The summed E-state index contributed by atoms with van der Waals surface area (Å²) in [5.41, 5.74) is 3.45. The molecule has 6 nitrogen and oxygen atoms in total. The van der Waals surface area contributed by atoms with E-state index < -0.39 is 10.0 Å². The number of ketones is 1. The van der Waals surface area contributed by atoms with Crippen molar-refractivity contribution >= 4 is 15.8 Å². The van der Waals surface area contributed by atoms with Crippen molar-refractivity contribution < 1.29 is 13.2 Å². The molecular formula is C31H27N3O3S. The highest BCUT2D eigenvalue weighted by molar-refractivity contribution is 7.89. The van der Waals surface area contributed by atoms with Gasteiger partial charge in [-0.05, 0) is 65.9 Å². The molecule has 0 saturated heterocycles. The molecule has 1 saturated carbocycles. The summed E-state index contributed by atoms with van der Waals surface area (Å²) >= 11 is 0. The lowest BCUT2D eigenvalue weighted by atomic mass is 9.88. The van der Waals surface area contributed by atoms with Crippen molar-refractivity contribution in [2.24, 2.45) is 0 Å². The summed E-state index contributed by atoms with van der Waals surface area (Å²) in [6, 6.07) is 30.8. The first-order valence-corrected chi connectivity index (χ1v) is 13.9. The number of nitrogens with zero attached hydrogens (tertiary/aromatic N) is 3. The maximum atomic E-state index is 13.6. The number of benzene rings is 3. The van der Waals surface area contributed by atoms with E-state index in [1.807, 2.05) is 66.7 Å². The van der Waals surface area contributed by atoms with E-state index in [-0.39, 0.29) is 29.2 Å². The second kappa shape index (κ2) is 10.7. The predicted octanol–water partition coefficient (Wildman–Crippen LogP) is 5.19. The first kappa shape index (κ1) is 25.5. The number of hydrogen-bond acceptors (Lipinski definition) is 5. The van der Waals surface area contributed by atoms with E-state index in [9.17, 15) is 13.2 Å². The van der Waals surface area contributed by atoms with Crippen LogP contribution in [0.5, 0.6) is 0 Å². The van der Waals surface area contributed by atoms with Crippen LogP contribution in [0.1, 0.15) is 40.8 Å². The van der Waals surface area contributed by atoms with Crippen LogP contribution < -0.4 is 0 Å². The number of sulfonamides is 1. The van der Waals surface area contributed by atoms with E-state index in [1.165, 1.54) is 28.6 Å². The summed E-state index contributed by atoms with van der Waals surface area (Å²) in [7, 11) is -3.86. The van der Waals surface area contributed by atoms with Crippen molar-refractivity contribution in [2.45, 2.75) is 42.7 Å². The zero-order valence-corrected chi connectivity index (χ0v) is 21.6. The number of nitriles is 1. The molecule has 0 amide bonds. The Bertz CT molecular complexity index is 1560. The van der Waals surface area contributed by atoms with Crippen molar-refractivity contribution in [2.75, 3.05) is 0 Å². The lowest BCUT2D eigenvalue weighted by Crippen LogP contribution is -2.30. The van der Waals surface area contributed by atoms with Crippen LogP contribution in [0.2, 0.25) is 0 Å². The molecule has 0 spiro atoms. The molecule has 1 fully saturated rings. The maximum absolute atomic E-state index is 13.6. The Labute approximate surface area is 223 Å². The highest BCUT2D eigenvalue weighted by Crippen LogP contribution is 2.49. The third-order valence-corrected chi connectivity index (χ3v) is 8.85. The van der Waals surface area contributed by atoms with Gasteiger partial charge in [-0.2, -0.15) is 9.57 Å². The lowest BCUT2D eigenvalue weighted by molar-refractivity contribution is -0.120. The smallest absolute Gasteiger partial charge is 0.243 e. The minimum Gasteiger partial charge on any atom is -0.298 e. The molecule has 5 rings (SSSR count). The molecule has 38 heavy (non-hydrogen) atoms. The van der Waals surface area contributed by atoms with E-state index in [4.69, 9.17) is 5.26 Å². The van der Waals surface area contributed by atoms with Crippen LogP contribution in [-0.2, 0) is 39.7 Å². The van der Waals surface area contributed by atoms with E-state index in [1.54, 1.807) is 18.3 Å². The fourth-order valence-corrected chi connectivity index (χ4v) is 6.08. The minimum absolute atomic E-state index is 0.100. The van der Waals surface area contributed by atoms with Crippen LogP contribution in [0.25, 0.3) is 0 Å². The van der Waals surface area contributed by atoms with Gasteiger partial charge in [0.1, 0.15) is 5.78 Å². The van der Waals surface area contributed by atoms with E-state index >= 15 is 0 Å². The van der Waals surface area contributed by atoms with Gasteiger partial charge in [0.25, 0.3) is 0 Å².